The van der Waals surface area contributed by atoms with E-state index in [0.717, 1.165) is 18.8 Å². The topological polar surface area (TPSA) is 17.8 Å². The maximum absolute atomic E-state index is 5.48. The van der Waals surface area contributed by atoms with Crippen molar-refractivity contribution in [3.05, 3.63) is 18.7 Å². The lowest BCUT2D eigenvalue weighted by Crippen LogP contribution is -1.93. The summed E-state index contributed by atoms with van der Waals surface area (Å²) in [7, 11) is 0. The van der Waals surface area contributed by atoms with E-state index in [1.54, 1.807) is 12.5 Å². The SMILES string of the molecule is Cl.ClCCCn1ccnc1. The molecule has 0 saturated heterocycles. The van der Waals surface area contributed by atoms with Gasteiger partial charge in [0.05, 0.1) is 6.33 Å². The van der Waals surface area contributed by atoms with Crippen LogP contribution >= 0.6 is 24.0 Å². The molecule has 0 aromatic carbocycles. The van der Waals surface area contributed by atoms with Crippen LogP contribution in [0.25, 0.3) is 0 Å². The van der Waals surface area contributed by atoms with Crippen LogP contribution in [0.3, 0.4) is 0 Å². The highest BCUT2D eigenvalue weighted by atomic mass is 35.5. The quantitative estimate of drug-likeness (QED) is 0.651. The normalized spacial score (nSPS) is 8.90. The minimum Gasteiger partial charge on any atom is -0.337 e. The van der Waals surface area contributed by atoms with Gasteiger partial charge in [-0.1, -0.05) is 0 Å². The van der Waals surface area contributed by atoms with E-state index in [1.165, 1.54) is 0 Å². The number of aromatic nitrogens is 2. The third-order valence-corrected chi connectivity index (χ3v) is 1.38. The van der Waals surface area contributed by atoms with E-state index >= 15 is 0 Å². The molecule has 1 aromatic rings. The molecule has 0 unspecified atom stereocenters. The van der Waals surface area contributed by atoms with E-state index < -0.39 is 0 Å². The summed E-state index contributed by atoms with van der Waals surface area (Å²) < 4.78 is 2.02. The average molecular weight is 181 g/mol. The van der Waals surface area contributed by atoms with E-state index in [-0.39, 0.29) is 12.4 Å². The number of rotatable bonds is 3. The van der Waals surface area contributed by atoms with Crippen molar-refractivity contribution in [3.8, 4) is 0 Å². The van der Waals surface area contributed by atoms with Crippen LogP contribution in [0.5, 0.6) is 0 Å². The second kappa shape index (κ2) is 5.57. The van der Waals surface area contributed by atoms with Gasteiger partial charge in [-0.2, -0.15) is 0 Å². The van der Waals surface area contributed by atoms with Crippen molar-refractivity contribution < 1.29 is 0 Å². The summed E-state index contributed by atoms with van der Waals surface area (Å²) >= 11 is 5.48. The average Bonchev–Trinajstić information content (AvgIpc) is 2.34. The van der Waals surface area contributed by atoms with Crippen LogP contribution < -0.4 is 0 Å². The fourth-order valence-corrected chi connectivity index (χ4v) is 0.781. The first-order chi connectivity index (χ1) is 4.43. The summed E-state index contributed by atoms with van der Waals surface area (Å²) in [5.41, 5.74) is 0. The van der Waals surface area contributed by atoms with Gasteiger partial charge in [-0.05, 0) is 6.42 Å². The maximum Gasteiger partial charge on any atom is 0.0945 e. The first kappa shape index (κ1) is 9.79. The fraction of sp³-hybridized carbons (Fsp3) is 0.500. The predicted octanol–water partition coefficient (Wildman–Crippen LogP) is 1.93. The molecule has 1 aromatic heterocycles. The third-order valence-electron chi connectivity index (χ3n) is 1.11. The minimum absolute atomic E-state index is 0. The molecule has 0 aliphatic rings. The van der Waals surface area contributed by atoms with Gasteiger partial charge >= 0.3 is 0 Å². The van der Waals surface area contributed by atoms with Gasteiger partial charge in [-0.15, -0.1) is 24.0 Å². The highest BCUT2D eigenvalue weighted by molar-refractivity contribution is 6.17. The zero-order valence-electron chi connectivity index (χ0n) is 5.53. The molecule has 0 aliphatic heterocycles. The highest BCUT2D eigenvalue weighted by Crippen LogP contribution is 1.91. The molecular formula is C6H10Cl2N2. The van der Waals surface area contributed by atoms with Crippen LogP contribution in [0.2, 0.25) is 0 Å². The summed E-state index contributed by atoms with van der Waals surface area (Å²) in [5, 5.41) is 0. The number of halogens is 2. The lowest BCUT2D eigenvalue weighted by molar-refractivity contribution is 0.681. The molecule has 0 aliphatic carbocycles. The molecule has 0 spiro atoms. The van der Waals surface area contributed by atoms with Crippen molar-refractivity contribution in [2.24, 2.45) is 0 Å². The molecule has 0 radical (unpaired) electrons. The minimum atomic E-state index is 0. The van der Waals surface area contributed by atoms with Crippen LogP contribution in [-0.2, 0) is 6.54 Å². The Morgan fingerprint density at radius 3 is 2.80 bits per heavy atom. The van der Waals surface area contributed by atoms with Crippen LogP contribution in [0, 0.1) is 0 Å². The predicted molar refractivity (Wildman–Crippen MR) is 44.8 cm³/mol. The fourth-order valence-electron chi connectivity index (χ4n) is 0.661. The Balaban J connectivity index is 0.000000810. The molecule has 2 nitrogen and oxygen atoms in total. The molecule has 0 saturated carbocycles. The molecule has 0 amide bonds. The largest absolute Gasteiger partial charge is 0.337 e. The first-order valence-electron chi connectivity index (χ1n) is 2.95. The standard InChI is InChI=1S/C6H9ClN2.ClH/c7-2-1-4-9-5-3-8-6-9;/h3,5-6H,1-2,4H2;1H. The van der Waals surface area contributed by atoms with Crippen LogP contribution in [0.4, 0.5) is 0 Å². The number of aryl methyl sites for hydroxylation is 1. The van der Waals surface area contributed by atoms with E-state index in [9.17, 15) is 0 Å². The second-order valence-corrected chi connectivity index (χ2v) is 2.22. The van der Waals surface area contributed by atoms with Gasteiger partial charge in [-0.3, -0.25) is 0 Å². The van der Waals surface area contributed by atoms with Gasteiger partial charge in [0.2, 0.25) is 0 Å². The van der Waals surface area contributed by atoms with E-state index in [1.807, 2.05) is 10.8 Å². The Morgan fingerprint density at radius 2 is 2.30 bits per heavy atom. The molecule has 10 heavy (non-hydrogen) atoms. The van der Waals surface area contributed by atoms with Crippen molar-refractivity contribution in [1.82, 2.24) is 9.55 Å². The summed E-state index contributed by atoms with van der Waals surface area (Å²) in [6.45, 7) is 0.976. The van der Waals surface area contributed by atoms with Gasteiger partial charge in [0.15, 0.2) is 0 Å². The van der Waals surface area contributed by atoms with Gasteiger partial charge in [0.1, 0.15) is 0 Å². The monoisotopic (exact) mass is 180 g/mol. The van der Waals surface area contributed by atoms with Crippen LogP contribution in [0.15, 0.2) is 18.7 Å². The van der Waals surface area contributed by atoms with Crippen molar-refractivity contribution in [3.63, 3.8) is 0 Å². The van der Waals surface area contributed by atoms with Gasteiger partial charge in [0.25, 0.3) is 0 Å². The van der Waals surface area contributed by atoms with E-state index in [0.29, 0.717) is 0 Å². The van der Waals surface area contributed by atoms with Gasteiger partial charge in [-0.25, -0.2) is 4.98 Å². The van der Waals surface area contributed by atoms with E-state index in [4.69, 9.17) is 11.6 Å². The Morgan fingerprint density at radius 1 is 1.50 bits per heavy atom. The Hall–Kier alpha value is -0.210. The maximum atomic E-state index is 5.48. The Bertz CT molecular complexity index is 151. The summed E-state index contributed by atoms with van der Waals surface area (Å²) in [6, 6.07) is 0. The van der Waals surface area contributed by atoms with Crippen LogP contribution in [-0.4, -0.2) is 15.4 Å². The zero-order chi connectivity index (χ0) is 6.53. The van der Waals surface area contributed by atoms with Gasteiger partial charge in [0, 0.05) is 24.8 Å². The molecule has 0 fully saturated rings. The molecule has 4 heteroatoms. The van der Waals surface area contributed by atoms with Gasteiger partial charge < -0.3 is 4.57 Å². The lowest BCUT2D eigenvalue weighted by Gasteiger charge is -1.95. The van der Waals surface area contributed by atoms with Crippen molar-refractivity contribution in [1.29, 1.82) is 0 Å². The number of hydrogen-bond donors (Lipinski definition) is 0. The van der Waals surface area contributed by atoms with Crippen LogP contribution in [0.1, 0.15) is 6.42 Å². The lowest BCUT2D eigenvalue weighted by atomic mass is 10.5. The molecule has 0 bridgehead atoms. The molecule has 58 valence electrons. The second-order valence-electron chi connectivity index (χ2n) is 1.84. The van der Waals surface area contributed by atoms with Crippen molar-refractivity contribution >= 4 is 24.0 Å². The first-order valence-corrected chi connectivity index (χ1v) is 3.48. The number of alkyl halides is 1. The van der Waals surface area contributed by atoms with E-state index in [2.05, 4.69) is 4.98 Å². The number of nitrogens with zero attached hydrogens (tertiary/aromatic N) is 2. The smallest absolute Gasteiger partial charge is 0.0945 e. The Labute approximate surface area is 71.6 Å². The molecule has 1 rings (SSSR count). The third kappa shape index (κ3) is 3.08. The molecule has 0 N–H and O–H groups in total. The molecular weight excluding hydrogens is 171 g/mol. The number of imidazole rings is 1. The summed E-state index contributed by atoms with van der Waals surface area (Å²) in [6.07, 6.45) is 6.52. The van der Waals surface area contributed by atoms with Crippen molar-refractivity contribution in [2.75, 3.05) is 5.88 Å². The number of hydrogen-bond acceptors (Lipinski definition) is 1. The summed E-state index contributed by atoms with van der Waals surface area (Å²) in [4.78, 5) is 3.89. The molecule has 1 heterocycles. The Kier molecular flexibility index (Phi) is 5.45. The zero-order valence-corrected chi connectivity index (χ0v) is 7.11. The highest BCUT2D eigenvalue weighted by Gasteiger charge is 1.86. The summed E-state index contributed by atoms with van der Waals surface area (Å²) in [5.74, 6) is 0.720. The molecule has 0 atom stereocenters. The van der Waals surface area contributed by atoms with Crippen molar-refractivity contribution in [2.45, 2.75) is 13.0 Å².